The highest BCUT2D eigenvalue weighted by Gasteiger charge is 2.16. The van der Waals surface area contributed by atoms with Crippen LogP contribution in [0.5, 0.6) is 0 Å². The van der Waals surface area contributed by atoms with Gasteiger partial charge in [-0.1, -0.05) is 145 Å². The Hall–Kier alpha value is -6.39. The first kappa shape index (κ1) is 22.2. The Bertz CT molecular complexity index is 2820. The van der Waals surface area contributed by atoms with E-state index in [-0.39, 0.29) is 29.7 Å². The molecule has 9 aromatic rings. The predicted molar refractivity (Wildman–Crippen MR) is 192 cm³/mol. The van der Waals surface area contributed by atoms with Crippen molar-refractivity contribution < 1.29 is 11.3 Å². The Balaban J connectivity index is 1.16. The van der Waals surface area contributed by atoms with E-state index in [0.717, 1.165) is 60.5 Å². The first-order valence-corrected chi connectivity index (χ1v) is 15.3. The summed E-state index contributed by atoms with van der Waals surface area (Å²) in [5.41, 5.74) is 6.97. The smallest absolute Gasteiger partial charge is 0.164 e. The Morgan fingerprint density at radius 3 is 1.89 bits per heavy atom. The molecule has 0 bridgehead atoms. The average molecular weight is 607 g/mol. The molecule has 0 amide bonds. The van der Waals surface area contributed by atoms with Crippen molar-refractivity contribution in [3.8, 4) is 56.4 Å². The van der Waals surface area contributed by atoms with E-state index in [0.29, 0.717) is 23.0 Å². The van der Waals surface area contributed by atoms with E-state index in [1.165, 1.54) is 0 Å². The lowest BCUT2D eigenvalue weighted by molar-refractivity contribution is 0.669. The average Bonchev–Trinajstić information content (AvgIpc) is 3.58. The fraction of sp³-hybridized carbons (Fsp3) is 0. The lowest BCUT2D eigenvalue weighted by Gasteiger charge is -2.12. The van der Waals surface area contributed by atoms with Crippen molar-refractivity contribution in [2.75, 3.05) is 0 Å². The van der Waals surface area contributed by atoms with Gasteiger partial charge in [0.15, 0.2) is 17.5 Å². The molecule has 0 N–H and O–H groups in total. The minimum atomic E-state index is -0.416. The van der Waals surface area contributed by atoms with Gasteiger partial charge in [-0.05, 0) is 51.2 Å². The molecule has 9 rings (SSSR count). The number of hydrogen-bond acceptors (Lipinski definition) is 4. The number of aromatic nitrogens is 3. The topological polar surface area (TPSA) is 51.8 Å². The van der Waals surface area contributed by atoms with Crippen LogP contribution in [0.2, 0.25) is 0 Å². The third-order valence-electron chi connectivity index (χ3n) is 8.43. The Kier molecular flexibility index (Phi) is 5.28. The molecular formula is C43H27N3O. The molecule has 2 aromatic heterocycles. The van der Waals surface area contributed by atoms with Crippen LogP contribution >= 0.6 is 0 Å². The minimum absolute atomic E-state index is 0.160. The number of fused-ring (bicyclic) bond motifs is 4. The second kappa shape index (κ2) is 11.2. The molecule has 0 atom stereocenters. The Morgan fingerprint density at radius 2 is 1.06 bits per heavy atom. The summed E-state index contributed by atoms with van der Waals surface area (Å²) in [6.45, 7) is 0. The van der Waals surface area contributed by atoms with Gasteiger partial charge >= 0.3 is 0 Å². The molecule has 0 fully saturated rings. The van der Waals surface area contributed by atoms with E-state index in [2.05, 4.69) is 24.3 Å². The lowest BCUT2D eigenvalue weighted by atomic mass is 9.98. The van der Waals surface area contributed by atoms with Gasteiger partial charge in [0.25, 0.3) is 0 Å². The monoisotopic (exact) mass is 606 g/mol. The van der Waals surface area contributed by atoms with Crippen LogP contribution in [-0.4, -0.2) is 15.0 Å². The molecule has 0 saturated carbocycles. The van der Waals surface area contributed by atoms with Crippen LogP contribution in [0.25, 0.3) is 89.1 Å². The standard InChI is InChI=1S/C43H27N3O/c1-3-11-28(12-4-1)32-25-26-34-33(27-32)15-9-18-36(34)43-45-41(30-13-5-2-6-14-30)44-42(46-43)31-23-21-29(22-24-31)35-17-10-20-39-40(35)37-16-7-8-19-38(37)47-39/h1-27H/i1D,3D,4D,11D,12D. The van der Waals surface area contributed by atoms with Crippen LogP contribution < -0.4 is 0 Å². The molecule has 0 unspecified atom stereocenters. The number of furan rings is 1. The van der Waals surface area contributed by atoms with Crippen molar-refractivity contribution in [2.45, 2.75) is 0 Å². The van der Waals surface area contributed by atoms with Crippen molar-refractivity contribution in [3.05, 3.63) is 164 Å². The number of rotatable bonds is 5. The number of para-hydroxylation sites is 1. The van der Waals surface area contributed by atoms with Crippen molar-refractivity contribution in [1.29, 1.82) is 0 Å². The van der Waals surface area contributed by atoms with Crippen LogP contribution in [0.1, 0.15) is 6.85 Å². The first-order valence-electron chi connectivity index (χ1n) is 17.8. The molecule has 0 radical (unpaired) electrons. The summed E-state index contributed by atoms with van der Waals surface area (Å²) in [5.74, 6) is 1.55. The van der Waals surface area contributed by atoms with Crippen molar-refractivity contribution >= 4 is 32.7 Å². The third kappa shape index (κ3) is 4.84. The highest BCUT2D eigenvalue weighted by atomic mass is 16.3. The van der Waals surface area contributed by atoms with Crippen molar-refractivity contribution in [1.82, 2.24) is 15.0 Å². The summed E-state index contributed by atoms with van der Waals surface area (Å²) < 4.78 is 47.4. The second-order valence-electron chi connectivity index (χ2n) is 11.3. The maximum Gasteiger partial charge on any atom is 0.164 e. The van der Waals surface area contributed by atoms with Gasteiger partial charge in [0.05, 0.1) is 6.85 Å². The van der Waals surface area contributed by atoms with Crippen LogP contribution in [-0.2, 0) is 0 Å². The maximum atomic E-state index is 8.49. The van der Waals surface area contributed by atoms with Crippen LogP contribution in [0, 0.1) is 0 Å². The molecule has 4 nitrogen and oxygen atoms in total. The Morgan fingerprint density at radius 1 is 0.426 bits per heavy atom. The fourth-order valence-electron chi connectivity index (χ4n) is 6.18. The summed E-state index contributed by atoms with van der Waals surface area (Å²) in [5, 5.41) is 3.81. The molecule has 0 aliphatic rings. The molecule has 0 aliphatic heterocycles. The van der Waals surface area contributed by atoms with Gasteiger partial charge in [-0.3, -0.25) is 0 Å². The van der Waals surface area contributed by atoms with E-state index < -0.39 is 6.04 Å². The summed E-state index contributed by atoms with van der Waals surface area (Å²) in [4.78, 5) is 14.9. The van der Waals surface area contributed by atoms with Crippen LogP contribution in [0.15, 0.2) is 168 Å². The fourth-order valence-corrected chi connectivity index (χ4v) is 6.18. The Labute approximate surface area is 278 Å². The zero-order chi connectivity index (χ0) is 35.5. The van der Waals surface area contributed by atoms with E-state index in [1.807, 2.05) is 103 Å². The summed E-state index contributed by atoms with van der Waals surface area (Å²) in [6.07, 6.45) is 0. The van der Waals surface area contributed by atoms with Crippen LogP contribution in [0.4, 0.5) is 0 Å². The molecule has 0 aliphatic carbocycles. The van der Waals surface area contributed by atoms with Gasteiger partial charge in [-0.25, -0.2) is 15.0 Å². The van der Waals surface area contributed by atoms with Gasteiger partial charge < -0.3 is 4.42 Å². The van der Waals surface area contributed by atoms with Gasteiger partial charge in [-0.2, -0.15) is 0 Å². The van der Waals surface area contributed by atoms with Gasteiger partial charge in [0, 0.05) is 27.5 Å². The number of benzene rings is 7. The highest BCUT2D eigenvalue weighted by molar-refractivity contribution is 6.12. The predicted octanol–water partition coefficient (Wildman–Crippen LogP) is 11.3. The molecule has 2 heterocycles. The zero-order valence-corrected chi connectivity index (χ0v) is 25.0. The summed E-state index contributed by atoms with van der Waals surface area (Å²) >= 11 is 0. The van der Waals surface area contributed by atoms with Gasteiger partial charge in [0.1, 0.15) is 11.2 Å². The highest BCUT2D eigenvalue weighted by Crippen LogP contribution is 2.37. The van der Waals surface area contributed by atoms with E-state index >= 15 is 0 Å². The molecule has 220 valence electrons. The lowest BCUT2D eigenvalue weighted by Crippen LogP contribution is -2.00. The quantitative estimate of drug-likeness (QED) is 0.196. The molecule has 7 aromatic carbocycles. The van der Waals surface area contributed by atoms with E-state index in [1.54, 1.807) is 6.07 Å². The maximum absolute atomic E-state index is 8.49. The van der Waals surface area contributed by atoms with Crippen LogP contribution in [0.3, 0.4) is 0 Å². The molecule has 4 heteroatoms. The molecule has 0 spiro atoms. The molecule has 47 heavy (non-hydrogen) atoms. The van der Waals surface area contributed by atoms with Crippen molar-refractivity contribution in [2.24, 2.45) is 0 Å². The van der Waals surface area contributed by atoms with E-state index in [4.69, 9.17) is 26.2 Å². The summed E-state index contributed by atoms with van der Waals surface area (Å²) in [6, 6.07) is 41.9. The largest absolute Gasteiger partial charge is 0.456 e. The number of hydrogen-bond donors (Lipinski definition) is 0. The van der Waals surface area contributed by atoms with Gasteiger partial charge in [0.2, 0.25) is 0 Å². The molecular weight excluding hydrogens is 574 g/mol. The van der Waals surface area contributed by atoms with Gasteiger partial charge in [-0.15, -0.1) is 0 Å². The number of nitrogens with zero attached hydrogens (tertiary/aromatic N) is 3. The normalized spacial score (nSPS) is 12.9. The summed E-state index contributed by atoms with van der Waals surface area (Å²) in [7, 11) is 0. The minimum Gasteiger partial charge on any atom is -0.456 e. The zero-order valence-electron chi connectivity index (χ0n) is 30.0. The van der Waals surface area contributed by atoms with E-state index in [9.17, 15) is 0 Å². The first-order chi connectivity index (χ1) is 25.4. The third-order valence-corrected chi connectivity index (χ3v) is 8.43. The SMILES string of the molecule is [2H]c1c([2H])c([2H])c(-c2ccc3c(-c4nc(-c5ccccc5)nc(-c5ccc(-c6cccc7oc8ccccc8c67)cc5)n4)cccc3c2)c([2H])c1[2H]. The van der Waals surface area contributed by atoms with Crippen molar-refractivity contribution in [3.63, 3.8) is 0 Å². The second-order valence-corrected chi connectivity index (χ2v) is 11.3. The molecule has 0 saturated heterocycles.